The maximum atomic E-state index is 3.67. The minimum Gasteiger partial charge on any atom is -0.390 e. The molecule has 0 aliphatic rings. The highest BCUT2D eigenvalue weighted by Crippen LogP contribution is 2.06. The molecule has 17 heavy (non-hydrogen) atoms. The molecule has 0 aliphatic heterocycles. The van der Waals surface area contributed by atoms with E-state index in [1.54, 1.807) is 6.20 Å². The monoisotopic (exact) mass is 232 g/mol. The molecule has 2 heteroatoms. The Hall–Kier alpha value is -1.28. The highest BCUT2D eigenvalue weighted by molar-refractivity contribution is 5.22. The van der Waals surface area contributed by atoms with Crippen LogP contribution in [0.3, 0.4) is 0 Å². The summed E-state index contributed by atoms with van der Waals surface area (Å²) in [6.45, 7) is 10.1. The fourth-order valence-electron chi connectivity index (χ4n) is 1.80. The van der Waals surface area contributed by atoms with Crippen LogP contribution in [0, 0.1) is 6.92 Å². The molecule has 0 saturated carbocycles. The van der Waals surface area contributed by atoms with E-state index in [-0.39, 0.29) is 0 Å². The fourth-order valence-corrected chi connectivity index (χ4v) is 1.80. The smallest absolute Gasteiger partial charge is 0.0294 e. The molecule has 0 heterocycles. The number of likely N-dealkylation sites (N-methyl/N-ethyl adjacent to an activating group) is 1. The summed E-state index contributed by atoms with van der Waals surface area (Å²) in [4.78, 5) is 2.37. The minimum atomic E-state index is 0.526. The standard InChI is InChI=1S/C15H24N2/c1-5-16-12-14(3)17(4)10-9-15-8-6-7-13(2)11-15/h5-8,11,14,16H,1,9-10,12H2,2-4H3. The molecule has 1 aromatic carbocycles. The molecule has 1 atom stereocenters. The van der Waals surface area contributed by atoms with E-state index in [0.29, 0.717) is 6.04 Å². The molecule has 1 N–H and O–H groups in total. The van der Waals surface area contributed by atoms with Crippen LogP contribution in [0.4, 0.5) is 0 Å². The Labute approximate surface area is 105 Å². The Balaban J connectivity index is 2.37. The van der Waals surface area contributed by atoms with Gasteiger partial charge in [0.25, 0.3) is 0 Å². The van der Waals surface area contributed by atoms with Crippen molar-refractivity contribution in [2.24, 2.45) is 0 Å². The topological polar surface area (TPSA) is 15.3 Å². The maximum absolute atomic E-state index is 3.67. The minimum absolute atomic E-state index is 0.526. The van der Waals surface area contributed by atoms with Crippen molar-refractivity contribution in [1.82, 2.24) is 10.2 Å². The van der Waals surface area contributed by atoms with Crippen LogP contribution < -0.4 is 5.32 Å². The first-order valence-electron chi connectivity index (χ1n) is 6.23. The normalized spacial score (nSPS) is 12.5. The van der Waals surface area contributed by atoms with Crippen molar-refractivity contribution >= 4 is 0 Å². The molecule has 0 saturated heterocycles. The van der Waals surface area contributed by atoms with Crippen molar-refractivity contribution in [3.63, 3.8) is 0 Å². The molecular formula is C15H24N2. The molecule has 1 aromatic rings. The van der Waals surface area contributed by atoms with Gasteiger partial charge in [0, 0.05) is 19.1 Å². The average molecular weight is 232 g/mol. The molecule has 0 aliphatic carbocycles. The van der Waals surface area contributed by atoms with E-state index in [0.717, 1.165) is 19.5 Å². The van der Waals surface area contributed by atoms with Gasteiger partial charge in [-0.2, -0.15) is 0 Å². The Morgan fingerprint density at radius 1 is 1.47 bits per heavy atom. The van der Waals surface area contributed by atoms with Gasteiger partial charge in [0.2, 0.25) is 0 Å². The molecule has 0 radical (unpaired) electrons. The molecule has 2 nitrogen and oxygen atoms in total. The third-order valence-corrected chi connectivity index (χ3v) is 3.15. The van der Waals surface area contributed by atoms with Gasteiger partial charge in [-0.05, 0) is 39.1 Å². The van der Waals surface area contributed by atoms with Gasteiger partial charge < -0.3 is 10.2 Å². The van der Waals surface area contributed by atoms with Crippen molar-refractivity contribution in [3.05, 3.63) is 48.2 Å². The number of nitrogens with one attached hydrogen (secondary N) is 1. The Morgan fingerprint density at radius 2 is 2.24 bits per heavy atom. The zero-order valence-corrected chi connectivity index (χ0v) is 11.2. The highest BCUT2D eigenvalue weighted by Gasteiger charge is 2.07. The molecule has 0 spiro atoms. The van der Waals surface area contributed by atoms with Gasteiger partial charge in [-0.25, -0.2) is 0 Å². The van der Waals surface area contributed by atoms with Gasteiger partial charge in [-0.1, -0.05) is 36.4 Å². The Morgan fingerprint density at radius 3 is 2.88 bits per heavy atom. The quantitative estimate of drug-likeness (QED) is 0.777. The zero-order chi connectivity index (χ0) is 12.7. The van der Waals surface area contributed by atoms with E-state index in [1.165, 1.54) is 11.1 Å². The number of nitrogens with zero attached hydrogens (tertiary/aromatic N) is 1. The van der Waals surface area contributed by atoms with Crippen LogP contribution in [0.25, 0.3) is 0 Å². The number of rotatable bonds is 7. The molecule has 1 rings (SSSR count). The largest absolute Gasteiger partial charge is 0.390 e. The summed E-state index contributed by atoms with van der Waals surface area (Å²) in [5.41, 5.74) is 2.76. The fraction of sp³-hybridized carbons (Fsp3) is 0.467. The summed E-state index contributed by atoms with van der Waals surface area (Å²) in [6, 6.07) is 9.27. The van der Waals surface area contributed by atoms with Gasteiger partial charge in [-0.3, -0.25) is 0 Å². The second-order valence-corrected chi connectivity index (χ2v) is 4.68. The summed E-state index contributed by atoms with van der Waals surface area (Å²) in [6.07, 6.45) is 2.86. The predicted octanol–water partition coefficient (Wildman–Crippen LogP) is 2.59. The maximum Gasteiger partial charge on any atom is 0.0294 e. The molecule has 0 aromatic heterocycles. The summed E-state index contributed by atoms with van der Waals surface area (Å²) in [5.74, 6) is 0. The lowest BCUT2D eigenvalue weighted by Gasteiger charge is -2.24. The van der Waals surface area contributed by atoms with E-state index in [2.05, 4.69) is 62.0 Å². The summed E-state index contributed by atoms with van der Waals surface area (Å²) < 4.78 is 0. The van der Waals surface area contributed by atoms with Gasteiger partial charge in [0.15, 0.2) is 0 Å². The van der Waals surface area contributed by atoms with Crippen LogP contribution in [-0.2, 0) is 6.42 Å². The molecular weight excluding hydrogens is 208 g/mol. The molecule has 0 amide bonds. The summed E-state index contributed by atoms with van der Waals surface area (Å²) in [7, 11) is 2.17. The molecule has 1 unspecified atom stereocenters. The van der Waals surface area contributed by atoms with E-state index in [4.69, 9.17) is 0 Å². The van der Waals surface area contributed by atoms with Crippen LogP contribution in [0.15, 0.2) is 37.0 Å². The van der Waals surface area contributed by atoms with Crippen molar-refractivity contribution in [1.29, 1.82) is 0 Å². The number of aryl methyl sites for hydroxylation is 1. The number of hydrogen-bond acceptors (Lipinski definition) is 2. The lowest BCUT2D eigenvalue weighted by molar-refractivity contribution is 0.259. The Bertz CT molecular complexity index is 347. The van der Waals surface area contributed by atoms with E-state index in [9.17, 15) is 0 Å². The SMILES string of the molecule is C=CNCC(C)N(C)CCc1cccc(C)c1. The first kappa shape index (κ1) is 13.8. The molecule has 0 bridgehead atoms. The van der Waals surface area contributed by atoms with E-state index < -0.39 is 0 Å². The predicted molar refractivity (Wildman–Crippen MR) is 75.2 cm³/mol. The molecule has 94 valence electrons. The van der Waals surface area contributed by atoms with Crippen LogP contribution in [0.5, 0.6) is 0 Å². The number of benzene rings is 1. The highest BCUT2D eigenvalue weighted by atomic mass is 15.1. The van der Waals surface area contributed by atoms with Gasteiger partial charge in [0.1, 0.15) is 0 Å². The van der Waals surface area contributed by atoms with Crippen molar-refractivity contribution in [2.75, 3.05) is 20.1 Å². The van der Waals surface area contributed by atoms with Crippen LogP contribution in [-0.4, -0.2) is 31.1 Å². The lowest BCUT2D eigenvalue weighted by Crippen LogP contribution is -2.37. The third-order valence-electron chi connectivity index (χ3n) is 3.15. The van der Waals surface area contributed by atoms with Crippen molar-refractivity contribution < 1.29 is 0 Å². The van der Waals surface area contributed by atoms with Crippen molar-refractivity contribution in [3.8, 4) is 0 Å². The van der Waals surface area contributed by atoms with Crippen LogP contribution in [0.1, 0.15) is 18.1 Å². The molecule has 0 fully saturated rings. The average Bonchev–Trinajstić information content (AvgIpc) is 2.33. The van der Waals surface area contributed by atoms with E-state index >= 15 is 0 Å². The first-order valence-corrected chi connectivity index (χ1v) is 6.23. The lowest BCUT2D eigenvalue weighted by atomic mass is 10.1. The van der Waals surface area contributed by atoms with Crippen LogP contribution in [0.2, 0.25) is 0 Å². The third kappa shape index (κ3) is 5.05. The Kier molecular flexibility index (Phi) is 5.78. The number of hydrogen-bond donors (Lipinski definition) is 1. The first-order chi connectivity index (χ1) is 8.13. The summed E-state index contributed by atoms with van der Waals surface area (Å²) >= 11 is 0. The second-order valence-electron chi connectivity index (χ2n) is 4.68. The van der Waals surface area contributed by atoms with Gasteiger partial charge >= 0.3 is 0 Å². The van der Waals surface area contributed by atoms with Crippen molar-refractivity contribution in [2.45, 2.75) is 26.3 Å². The second kappa shape index (κ2) is 7.13. The van der Waals surface area contributed by atoms with Gasteiger partial charge in [0.05, 0.1) is 0 Å². The van der Waals surface area contributed by atoms with E-state index in [1.807, 2.05) is 0 Å². The zero-order valence-electron chi connectivity index (χ0n) is 11.2. The van der Waals surface area contributed by atoms with Gasteiger partial charge in [-0.15, -0.1) is 0 Å². The van der Waals surface area contributed by atoms with Crippen LogP contribution >= 0.6 is 0 Å². The summed E-state index contributed by atoms with van der Waals surface area (Å²) in [5, 5.41) is 3.16.